The van der Waals surface area contributed by atoms with Crippen molar-refractivity contribution in [1.29, 1.82) is 0 Å². The number of carbonyl (C=O) groups is 1. The van der Waals surface area contributed by atoms with Gasteiger partial charge in [-0.2, -0.15) is 14.5 Å². The topological polar surface area (TPSA) is 136 Å². The molecule has 0 spiro atoms. The SMILES string of the molecule is CC(C(=O)N1CCN(S(=O)(=O)c2cnn(C)c2)CC1)n1cc([N+](=O)[O-])cn1. The molecule has 3 heterocycles. The van der Waals surface area contributed by atoms with Crippen LogP contribution in [0.25, 0.3) is 0 Å². The van der Waals surface area contributed by atoms with Gasteiger partial charge in [0.05, 0.1) is 11.1 Å². The average Bonchev–Trinajstić information content (AvgIpc) is 3.30. The molecule has 0 bridgehead atoms. The zero-order chi connectivity index (χ0) is 19.8. The van der Waals surface area contributed by atoms with Gasteiger partial charge < -0.3 is 4.90 Å². The van der Waals surface area contributed by atoms with Crippen molar-refractivity contribution >= 4 is 21.6 Å². The van der Waals surface area contributed by atoms with Crippen LogP contribution in [0.1, 0.15) is 13.0 Å². The minimum Gasteiger partial charge on any atom is -0.338 e. The highest BCUT2D eigenvalue weighted by Gasteiger charge is 2.33. The van der Waals surface area contributed by atoms with Gasteiger partial charge in [0.1, 0.15) is 23.3 Å². The van der Waals surface area contributed by atoms with Crippen molar-refractivity contribution in [2.75, 3.05) is 26.2 Å². The van der Waals surface area contributed by atoms with E-state index >= 15 is 0 Å². The molecule has 1 saturated heterocycles. The number of sulfonamides is 1. The number of piperazine rings is 1. The van der Waals surface area contributed by atoms with Crippen LogP contribution in [0, 0.1) is 10.1 Å². The summed E-state index contributed by atoms with van der Waals surface area (Å²) in [6.45, 7) is 2.37. The molecule has 0 aliphatic carbocycles. The number of rotatable bonds is 5. The average molecular weight is 397 g/mol. The van der Waals surface area contributed by atoms with Crippen LogP contribution in [0.4, 0.5) is 5.69 Å². The molecule has 1 aliphatic rings. The van der Waals surface area contributed by atoms with E-state index in [4.69, 9.17) is 0 Å². The lowest BCUT2D eigenvalue weighted by Gasteiger charge is -2.35. The van der Waals surface area contributed by atoms with Crippen molar-refractivity contribution in [3.63, 3.8) is 0 Å². The van der Waals surface area contributed by atoms with Crippen LogP contribution < -0.4 is 0 Å². The van der Waals surface area contributed by atoms with Gasteiger partial charge in [-0.1, -0.05) is 0 Å². The number of aromatic nitrogens is 4. The Balaban J connectivity index is 1.64. The molecule has 1 amide bonds. The molecule has 0 N–H and O–H groups in total. The maximum atomic E-state index is 12.6. The molecule has 1 fully saturated rings. The van der Waals surface area contributed by atoms with E-state index in [1.165, 1.54) is 37.2 Å². The van der Waals surface area contributed by atoms with Crippen LogP contribution in [0.3, 0.4) is 0 Å². The molecular formula is C14H19N7O5S. The first-order valence-electron chi connectivity index (χ1n) is 8.16. The third-order valence-corrected chi connectivity index (χ3v) is 6.27. The van der Waals surface area contributed by atoms with Crippen molar-refractivity contribution in [3.05, 3.63) is 34.9 Å². The molecule has 12 nitrogen and oxygen atoms in total. The largest absolute Gasteiger partial charge is 0.338 e. The Kier molecular flexibility index (Phi) is 4.97. The zero-order valence-electron chi connectivity index (χ0n) is 14.8. The number of hydrogen-bond acceptors (Lipinski definition) is 7. The Morgan fingerprint density at radius 3 is 2.37 bits per heavy atom. The summed E-state index contributed by atoms with van der Waals surface area (Å²) in [5.41, 5.74) is -0.193. The smallest absolute Gasteiger partial charge is 0.307 e. The second-order valence-corrected chi connectivity index (χ2v) is 8.13. The van der Waals surface area contributed by atoms with Crippen LogP contribution in [0.15, 0.2) is 29.7 Å². The Hall–Kier alpha value is -2.80. The standard InChI is InChI=1S/C14H19N7O5S/c1-11(20-9-12(7-16-20)21(23)24)14(22)18-3-5-19(6-4-18)27(25,26)13-8-15-17(2)10-13/h7-11H,3-6H2,1-2H3. The van der Waals surface area contributed by atoms with Gasteiger partial charge >= 0.3 is 5.69 Å². The highest BCUT2D eigenvalue weighted by molar-refractivity contribution is 7.89. The van der Waals surface area contributed by atoms with E-state index in [0.29, 0.717) is 0 Å². The fourth-order valence-corrected chi connectivity index (χ4v) is 4.25. The molecule has 1 atom stereocenters. The molecule has 0 aromatic carbocycles. The first kappa shape index (κ1) is 19.0. The lowest BCUT2D eigenvalue weighted by Crippen LogP contribution is -2.51. The predicted molar refractivity (Wildman–Crippen MR) is 92.1 cm³/mol. The fourth-order valence-electron chi connectivity index (χ4n) is 2.84. The van der Waals surface area contributed by atoms with Gasteiger partial charge in [-0.15, -0.1) is 0 Å². The van der Waals surface area contributed by atoms with E-state index in [0.717, 1.165) is 6.20 Å². The summed E-state index contributed by atoms with van der Waals surface area (Å²) in [6.07, 6.45) is 5.01. The minimum absolute atomic E-state index is 0.113. The molecule has 2 aromatic heterocycles. The van der Waals surface area contributed by atoms with Gasteiger partial charge in [-0.3, -0.25) is 24.3 Å². The van der Waals surface area contributed by atoms with Crippen molar-refractivity contribution < 1.29 is 18.1 Å². The van der Waals surface area contributed by atoms with E-state index in [9.17, 15) is 23.3 Å². The first-order chi connectivity index (χ1) is 12.7. The maximum absolute atomic E-state index is 12.6. The second kappa shape index (κ2) is 7.08. The van der Waals surface area contributed by atoms with E-state index in [1.54, 1.807) is 14.0 Å². The van der Waals surface area contributed by atoms with Crippen LogP contribution in [-0.4, -0.2) is 74.2 Å². The third-order valence-electron chi connectivity index (χ3n) is 4.42. The summed E-state index contributed by atoms with van der Waals surface area (Å²) in [5.74, 6) is -0.272. The summed E-state index contributed by atoms with van der Waals surface area (Å²) in [7, 11) is -2.01. The molecule has 3 rings (SSSR count). The van der Waals surface area contributed by atoms with Crippen LogP contribution in [-0.2, 0) is 21.9 Å². The van der Waals surface area contributed by atoms with Gasteiger partial charge in [-0.25, -0.2) is 8.42 Å². The monoisotopic (exact) mass is 397 g/mol. The minimum atomic E-state index is -3.65. The normalized spacial score (nSPS) is 17.0. The van der Waals surface area contributed by atoms with E-state index in [1.807, 2.05) is 0 Å². The summed E-state index contributed by atoms with van der Waals surface area (Å²) < 4.78 is 29.1. The predicted octanol–water partition coefficient (Wildman–Crippen LogP) is -0.381. The molecular weight excluding hydrogens is 378 g/mol. The molecule has 146 valence electrons. The maximum Gasteiger partial charge on any atom is 0.307 e. The molecule has 1 unspecified atom stereocenters. The Labute approximate surface area is 155 Å². The summed E-state index contributed by atoms with van der Waals surface area (Å²) in [6, 6.07) is -0.722. The van der Waals surface area contributed by atoms with Crippen molar-refractivity contribution in [3.8, 4) is 0 Å². The molecule has 2 aromatic rings. The van der Waals surface area contributed by atoms with E-state index < -0.39 is 21.0 Å². The number of nitrogens with zero attached hydrogens (tertiary/aromatic N) is 7. The van der Waals surface area contributed by atoms with Crippen LogP contribution in [0.5, 0.6) is 0 Å². The number of nitro groups is 1. The lowest BCUT2D eigenvalue weighted by atomic mass is 10.2. The second-order valence-electron chi connectivity index (χ2n) is 6.19. The summed E-state index contributed by atoms with van der Waals surface area (Å²) in [5, 5.41) is 18.5. The molecule has 1 aliphatic heterocycles. The number of hydrogen-bond donors (Lipinski definition) is 0. The number of aryl methyl sites for hydroxylation is 1. The summed E-state index contributed by atoms with van der Waals surface area (Å²) >= 11 is 0. The molecule has 0 saturated carbocycles. The summed E-state index contributed by atoms with van der Waals surface area (Å²) in [4.78, 5) is 24.4. The molecule has 0 radical (unpaired) electrons. The number of amides is 1. The van der Waals surface area contributed by atoms with Gasteiger partial charge in [0.15, 0.2) is 0 Å². The van der Waals surface area contributed by atoms with Gasteiger partial charge in [0.25, 0.3) is 0 Å². The molecule has 13 heteroatoms. The Bertz CT molecular complexity index is 958. The van der Waals surface area contributed by atoms with Crippen molar-refractivity contribution in [1.82, 2.24) is 28.8 Å². The van der Waals surface area contributed by atoms with E-state index in [-0.39, 0.29) is 42.7 Å². The van der Waals surface area contributed by atoms with Crippen molar-refractivity contribution in [2.24, 2.45) is 7.05 Å². The van der Waals surface area contributed by atoms with Crippen molar-refractivity contribution in [2.45, 2.75) is 17.9 Å². The van der Waals surface area contributed by atoms with Gasteiger partial charge in [0, 0.05) is 39.4 Å². The Morgan fingerprint density at radius 1 is 1.19 bits per heavy atom. The Morgan fingerprint density at radius 2 is 1.85 bits per heavy atom. The van der Waals surface area contributed by atoms with Crippen LogP contribution >= 0.6 is 0 Å². The van der Waals surface area contributed by atoms with Crippen LogP contribution in [0.2, 0.25) is 0 Å². The lowest BCUT2D eigenvalue weighted by molar-refractivity contribution is -0.385. The molecule has 27 heavy (non-hydrogen) atoms. The zero-order valence-corrected chi connectivity index (χ0v) is 15.6. The first-order valence-corrected chi connectivity index (χ1v) is 9.60. The fraction of sp³-hybridized carbons (Fsp3) is 0.500. The highest BCUT2D eigenvalue weighted by Crippen LogP contribution is 2.19. The van der Waals surface area contributed by atoms with Gasteiger partial charge in [-0.05, 0) is 6.92 Å². The van der Waals surface area contributed by atoms with E-state index in [2.05, 4.69) is 10.2 Å². The number of carbonyl (C=O) groups excluding carboxylic acids is 1. The third kappa shape index (κ3) is 3.68. The highest BCUT2D eigenvalue weighted by atomic mass is 32.2. The van der Waals surface area contributed by atoms with Gasteiger partial charge in [0.2, 0.25) is 15.9 Å². The quantitative estimate of drug-likeness (QED) is 0.495.